The van der Waals surface area contributed by atoms with E-state index < -0.39 is 9.84 Å². The molecular formula is C14H24IN3O2S2. The number of halogens is 1. The summed E-state index contributed by atoms with van der Waals surface area (Å²) in [6.45, 7) is 4.20. The van der Waals surface area contributed by atoms with Gasteiger partial charge in [-0.2, -0.15) is 11.8 Å². The minimum absolute atomic E-state index is 0. The average molecular weight is 457 g/mol. The maximum absolute atomic E-state index is 11.4. The van der Waals surface area contributed by atoms with Crippen LogP contribution in [0, 0.1) is 0 Å². The molecule has 0 bridgehead atoms. The highest BCUT2D eigenvalue weighted by molar-refractivity contribution is 14.0. The van der Waals surface area contributed by atoms with Crippen LogP contribution in [0.5, 0.6) is 0 Å². The van der Waals surface area contributed by atoms with Crippen LogP contribution in [0.2, 0.25) is 0 Å². The monoisotopic (exact) mass is 457 g/mol. The standard InChI is InChI=1S/C14H23N3O2S2.HI/c1-4-15-14(16-9-10-20-2)17-11-12-5-7-13(8-6-12)21(3,18)19;/h5-8H,4,9-11H2,1-3H3,(H2,15,16,17);1H. The molecule has 0 saturated carbocycles. The van der Waals surface area contributed by atoms with E-state index in [0.717, 1.165) is 30.4 Å². The zero-order valence-corrected chi connectivity index (χ0v) is 17.1. The molecule has 0 fully saturated rings. The fraction of sp³-hybridized carbons (Fsp3) is 0.500. The molecule has 8 heteroatoms. The Morgan fingerprint density at radius 3 is 2.36 bits per heavy atom. The van der Waals surface area contributed by atoms with Gasteiger partial charge in [-0.05, 0) is 30.9 Å². The van der Waals surface area contributed by atoms with Gasteiger partial charge in [0.15, 0.2) is 15.8 Å². The molecule has 126 valence electrons. The molecule has 1 aromatic carbocycles. The third-order valence-corrected chi connectivity index (χ3v) is 4.45. The molecule has 0 unspecified atom stereocenters. The smallest absolute Gasteiger partial charge is 0.191 e. The number of nitrogens with zero attached hydrogens (tertiary/aromatic N) is 1. The van der Waals surface area contributed by atoms with Gasteiger partial charge >= 0.3 is 0 Å². The molecular weight excluding hydrogens is 433 g/mol. The number of nitrogens with one attached hydrogen (secondary N) is 2. The normalized spacial score (nSPS) is 11.7. The Morgan fingerprint density at radius 2 is 1.86 bits per heavy atom. The third-order valence-electron chi connectivity index (χ3n) is 2.71. The van der Waals surface area contributed by atoms with E-state index >= 15 is 0 Å². The summed E-state index contributed by atoms with van der Waals surface area (Å²) in [7, 11) is -3.14. The molecule has 1 aromatic rings. The largest absolute Gasteiger partial charge is 0.357 e. The SMILES string of the molecule is CCNC(=NCc1ccc(S(C)(=O)=O)cc1)NCCSC.I. The lowest BCUT2D eigenvalue weighted by Gasteiger charge is -2.10. The molecule has 22 heavy (non-hydrogen) atoms. The van der Waals surface area contributed by atoms with Gasteiger partial charge in [-0.3, -0.25) is 0 Å². The minimum Gasteiger partial charge on any atom is -0.357 e. The van der Waals surface area contributed by atoms with Crippen LogP contribution in [0.3, 0.4) is 0 Å². The minimum atomic E-state index is -3.14. The highest BCUT2D eigenvalue weighted by Gasteiger charge is 2.05. The van der Waals surface area contributed by atoms with Crippen molar-refractivity contribution >= 4 is 51.5 Å². The Balaban J connectivity index is 0.00000441. The highest BCUT2D eigenvalue weighted by atomic mass is 127. The van der Waals surface area contributed by atoms with Gasteiger partial charge in [-0.25, -0.2) is 13.4 Å². The number of sulfone groups is 1. The number of thioether (sulfide) groups is 1. The maximum atomic E-state index is 11.4. The van der Waals surface area contributed by atoms with Crippen LogP contribution in [0.1, 0.15) is 12.5 Å². The maximum Gasteiger partial charge on any atom is 0.191 e. The molecule has 0 aromatic heterocycles. The van der Waals surface area contributed by atoms with Gasteiger partial charge in [0.05, 0.1) is 11.4 Å². The molecule has 0 amide bonds. The van der Waals surface area contributed by atoms with E-state index in [1.165, 1.54) is 6.26 Å². The van der Waals surface area contributed by atoms with Crippen LogP contribution < -0.4 is 10.6 Å². The fourth-order valence-corrected chi connectivity index (χ4v) is 2.56. The number of hydrogen-bond donors (Lipinski definition) is 2. The van der Waals surface area contributed by atoms with Gasteiger partial charge in [0.2, 0.25) is 0 Å². The number of hydrogen-bond acceptors (Lipinski definition) is 4. The Kier molecular flexibility index (Phi) is 10.9. The summed E-state index contributed by atoms with van der Waals surface area (Å²) in [6.07, 6.45) is 3.27. The van der Waals surface area contributed by atoms with Crippen molar-refractivity contribution in [3.05, 3.63) is 29.8 Å². The van der Waals surface area contributed by atoms with E-state index in [0.29, 0.717) is 11.4 Å². The van der Waals surface area contributed by atoms with Crippen molar-refractivity contribution in [1.29, 1.82) is 0 Å². The van der Waals surface area contributed by atoms with Gasteiger partial charge in [-0.15, -0.1) is 24.0 Å². The van der Waals surface area contributed by atoms with Gasteiger partial charge in [-0.1, -0.05) is 12.1 Å². The molecule has 0 heterocycles. The summed E-state index contributed by atoms with van der Waals surface area (Å²) in [5.41, 5.74) is 0.976. The van der Waals surface area contributed by atoms with E-state index in [-0.39, 0.29) is 24.0 Å². The first kappa shape index (κ1) is 21.5. The van der Waals surface area contributed by atoms with E-state index in [4.69, 9.17) is 0 Å². The summed E-state index contributed by atoms with van der Waals surface area (Å²) in [6, 6.07) is 6.83. The number of guanidine groups is 1. The predicted molar refractivity (Wildman–Crippen MR) is 106 cm³/mol. The topological polar surface area (TPSA) is 70.6 Å². The Labute approximate surface area is 154 Å². The molecule has 0 aliphatic carbocycles. The lowest BCUT2D eigenvalue weighted by molar-refractivity contribution is 0.602. The van der Waals surface area contributed by atoms with E-state index in [1.807, 2.05) is 6.92 Å². The van der Waals surface area contributed by atoms with Gasteiger partial charge in [0.25, 0.3) is 0 Å². The quantitative estimate of drug-likeness (QED) is 0.284. The van der Waals surface area contributed by atoms with Gasteiger partial charge in [0.1, 0.15) is 0 Å². The lowest BCUT2D eigenvalue weighted by Crippen LogP contribution is -2.38. The summed E-state index contributed by atoms with van der Waals surface area (Å²) < 4.78 is 22.8. The second-order valence-electron chi connectivity index (χ2n) is 4.53. The zero-order valence-electron chi connectivity index (χ0n) is 13.1. The van der Waals surface area contributed by atoms with Gasteiger partial charge in [0, 0.05) is 25.1 Å². The van der Waals surface area contributed by atoms with Gasteiger partial charge < -0.3 is 10.6 Å². The van der Waals surface area contributed by atoms with E-state index in [9.17, 15) is 8.42 Å². The van der Waals surface area contributed by atoms with Crippen LogP contribution in [0.15, 0.2) is 34.2 Å². The second-order valence-corrected chi connectivity index (χ2v) is 7.53. The second kappa shape index (κ2) is 11.1. The first-order chi connectivity index (χ1) is 9.97. The molecule has 0 aliphatic rings. The number of aliphatic imine (C=N–C) groups is 1. The van der Waals surface area contributed by atoms with Crippen molar-refractivity contribution in [2.45, 2.75) is 18.4 Å². The molecule has 0 atom stereocenters. The lowest BCUT2D eigenvalue weighted by atomic mass is 10.2. The van der Waals surface area contributed by atoms with Crippen molar-refractivity contribution in [1.82, 2.24) is 10.6 Å². The highest BCUT2D eigenvalue weighted by Crippen LogP contribution is 2.10. The average Bonchev–Trinajstić information content (AvgIpc) is 2.44. The summed E-state index contributed by atoms with van der Waals surface area (Å²) >= 11 is 1.78. The summed E-state index contributed by atoms with van der Waals surface area (Å²) in [5.74, 6) is 1.80. The van der Waals surface area contributed by atoms with Crippen LogP contribution in [-0.2, 0) is 16.4 Å². The third kappa shape index (κ3) is 8.23. The first-order valence-electron chi connectivity index (χ1n) is 6.77. The Bertz CT molecular complexity index is 560. The van der Waals surface area contributed by atoms with E-state index in [1.54, 1.807) is 36.0 Å². The Hall–Kier alpha value is -0.480. The zero-order chi connectivity index (χ0) is 15.7. The fourth-order valence-electron chi connectivity index (χ4n) is 1.63. The van der Waals surface area contributed by atoms with E-state index in [2.05, 4.69) is 21.9 Å². The summed E-state index contributed by atoms with van der Waals surface area (Å²) in [5, 5.41) is 6.43. The summed E-state index contributed by atoms with van der Waals surface area (Å²) in [4.78, 5) is 4.82. The number of benzene rings is 1. The molecule has 1 rings (SSSR count). The molecule has 0 aliphatic heterocycles. The molecule has 2 N–H and O–H groups in total. The Morgan fingerprint density at radius 1 is 1.23 bits per heavy atom. The molecule has 0 saturated heterocycles. The van der Waals surface area contributed by atoms with Crippen LogP contribution in [-0.4, -0.2) is 45.7 Å². The predicted octanol–water partition coefficient (Wildman–Crippen LogP) is 2.13. The van der Waals surface area contributed by atoms with Crippen molar-refractivity contribution in [3.8, 4) is 0 Å². The van der Waals surface area contributed by atoms with Crippen LogP contribution in [0.4, 0.5) is 0 Å². The first-order valence-corrected chi connectivity index (χ1v) is 10.1. The molecule has 0 radical (unpaired) electrons. The number of rotatable bonds is 7. The molecule has 5 nitrogen and oxygen atoms in total. The van der Waals surface area contributed by atoms with Crippen molar-refractivity contribution < 1.29 is 8.42 Å². The van der Waals surface area contributed by atoms with Crippen molar-refractivity contribution in [2.75, 3.05) is 31.4 Å². The van der Waals surface area contributed by atoms with Crippen molar-refractivity contribution in [2.24, 2.45) is 4.99 Å². The van der Waals surface area contributed by atoms with Crippen LogP contribution >= 0.6 is 35.7 Å². The van der Waals surface area contributed by atoms with Crippen LogP contribution in [0.25, 0.3) is 0 Å². The molecule has 0 spiro atoms. The van der Waals surface area contributed by atoms with Crippen molar-refractivity contribution in [3.63, 3.8) is 0 Å².